The Morgan fingerprint density at radius 2 is 1.73 bits per heavy atom. The van der Waals surface area contributed by atoms with E-state index in [1.807, 2.05) is 0 Å². The number of rotatable bonds is 11. The normalized spacial score (nSPS) is 25.0. The Bertz CT molecular complexity index is 2250. The lowest BCUT2D eigenvalue weighted by molar-refractivity contribution is -0.143. The predicted molar refractivity (Wildman–Crippen MR) is 203 cm³/mol. The Morgan fingerprint density at radius 3 is 2.41 bits per heavy atom. The van der Waals surface area contributed by atoms with Gasteiger partial charge in [-0.1, -0.05) is 50.6 Å². The SMILES string of the molecule is C=C[C@@H]1C[C@@]1(NC(=O)[C@@H]1C[C@@H](O/N=c2\c3ccccc3oc3ccc(F)cc23)CN1C(=O)[C@@H](NC(=O)OC1CCCCC1)C(C)(C)C)C(=O)NS(=O)(=O)C1CC1. The number of nitrogens with zero attached hydrogens (tertiary/aromatic N) is 2. The summed E-state index contributed by atoms with van der Waals surface area (Å²) < 4.78 is 53.8. The molecule has 7 rings (SSSR count). The highest BCUT2D eigenvalue weighted by atomic mass is 32.2. The van der Waals surface area contributed by atoms with Crippen molar-refractivity contribution in [1.29, 1.82) is 0 Å². The minimum absolute atomic E-state index is 0.0806. The lowest BCUT2D eigenvalue weighted by Gasteiger charge is -2.35. The third-order valence-corrected chi connectivity index (χ3v) is 13.0. The number of nitrogens with one attached hydrogen (secondary N) is 3. The minimum Gasteiger partial charge on any atom is -0.456 e. The van der Waals surface area contributed by atoms with E-state index in [1.165, 1.54) is 29.2 Å². The van der Waals surface area contributed by atoms with Gasteiger partial charge < -0.3 is 29.5 Å². The Labute approximate surface area is 324 Å². The monoisotopic (exact) mass is 793 g/mol. The lowest BCUT2D eigenvalue weighted by atomic mass is 9.85. The van der Waals surface area contributed by atoms with Gasteiger partial charge in [0.1, 0.15) is 52.2 Å². The molecule has 0 bridgehead atoms. The van der Waals surface area contributed by atoms with Crippen LogP contribution in [-0.4, -0.2) is 78.8 Å². The van der Waals surface area contributed by atoms with E-state index < -0.39 is 80.0 Å². The molecule has 5 atom stereocenters. The number of amides is 4. The Morgan fingerprint density at radius 1 is 1.02 bits per heavy atom. The minimum atomic E-state index is -3.93. The summed E-state index contributed by atoms with van der Waals surface area (Å²) >= 11 is 0. The van der Waals surface area contributed by atoms with Crippen LogP contribution in [0.2, 0.25) is 0 Å². The number of hydrogen-bond acceptors (Lipinski definition) is 10. The maximum absolute atomic E-state index is 14.6. The van der Waals surface area contributed by atoms with E-state index in [4.69, 9.17) is 14.0 Å². The largest absolute Gasteiger partial charge is 0.456 e. The van der Waals surface area contributed by atoms with E-state index in [-0.39, 0.29) is 30.8 Å². The predicted octanol–water partition coefficient (Wildman–Crippen LogP) is 4.67. The van der Waals surface area contributed by atoms with E-state index in [0.29, 0.717) is 34.8 Å². The molecule has 4 fully saturated rings. The molecule has 56 heavy (non-hydrogen) atoms. The van der Waals surface area contributed by atoms with E-state index in [2.05, 4.69) is 27.1 Å². The summed E-state index contributed by atoms with van der Waals surface area (Å²) in [7, 11) is -3.93. The number of alkyl carbamates (subject to hydrolysis) is 1. The molecule has 0 spiro atoms. The molecule has 1 aliphatic heterocycles. The maximum Gasteiger partial charge on any atom is 0.408 e. The molecule has 0 unspecified atom stereocenters. The Hall–Kier alpha value is -4.99. The van der Waals surface area contributed by atoms with Crippen LogP contribution in [0.25, 0.3) is 21.9 Å². The summed E-state index contributed by atoms with van der Waals surface area (Å²) in [6, 6.07) is 8.71. The van der Waals surface area contributed by atoms with Crippen LogP contribution in [-0.2, 0) is 34.0 Å². The number of para-hydroxylation sites is 1. The molecular weight excluding hydrogens is 746 g/mol. The molecule has 1 saturated heterocycles. The van der Waals surface area contributed by atoms with Crippen LogP contribution in [0.15, 0.2) is 64.7 Å². The van der Waals surface area contributed by atoms with Crippen LogP contribution in [0, 0.1) is 17.2 Å². The van der Waals surface area contributed by atoms with Gasteiger partial charge in [0.25, 0.3) is 5.91 Å². The van der Waals surface area contributed by atoms with Crippen LogP contribution < -0.4 is 20.7 Å². The van der Waals surface area contributed by atoms with Crippen molar-refractivity contribution in [3.63, 3.8) is 0 Å². The highest BCUT2D eigenvalue weighted by Gasteiger charge is 2.62. The molecular formula is C40H48FN5O9S. The number of ether oxygens (including phenoxy) is 1. The number of sulfonamides is 1. The zero-order valence-electron chi connectivity index (χ0n) is 31.7. The molecule has 300 valence electrons. The highest BCUT2D eigenvalue weighted by Crippen LogP contribution is 2.45. The highest BCUT2D eigenvalue weighted by molar-refractivity contribution is 7.91. The number of fused-ring (bicyclic) bond motifs is 2. The van der Waals surface area contributed by atoms with Crippen LogP contribution in [0.3, 0.4) is 0 Å². The fourth-order valence-corrected chi connectivity index (χ4v) is 9.07. The number of halogens is 1. The van der Waals surface area contributed by atoms with Crippen LogP contribution in [0.5, 0.6) is 0 Å². The molecule has 16 heteroatoms. The first-order chi connectivity index (χ1) is 26.6. The molecule has 4 aliphatic rings. The van der Waals surface area contributed by atoms with Gasteiger partial charge in [-0.2, -0.15) is 0 Å². The van der Waals surface area contributed by atoms with E-state index in [9.17, 15) is 32.0 Å². The summed E-state index contributed by atoms with van der Waals surface area (Å²) in [5, 5.41) is 10.5. The first-order valence-electron chi connectivity index (χ1n) is 19.2. The summed E-state index contributed by atoms with van der Waals surface area (Å²) in [6.07, 6.45) is 4.90. The van der Waals surface area contributed by atoms with Gasteiger partial charge in [-0.25, -0.2) is 17.6 Å². The first kappa shape index (κ1) is 39.3. The summed E-state index contributed by atoms with van der Waals surface area (Å²) in [4.78, 5) is 63.1. The molecule has 1 aromatic heterocycles. The van der Waals surface area contributed by atoms with Gasteiger partial charge in [-0.3, -0.25) is 19.1 Å². The number of likely N-dealkylation sites (tertiary alicyclic amines) is 1. The zero-order valence-corrected chi connectivity index (χ0v) is 32.5. The number of hydrogen-bond donors (Lipinski definition) is 3. The summed E-state index contributed by atoms with van der Waals surface area (Å²) in [5.41, 5.74) is -1.60. The maximum atomic E-state index is 14.6. The van der Waals surface area contributed by atoms with Crippen molar-refractivity contribution < 1.29 is 46.0 Å². The van der Waals surface area contributed by atoms with Gasteiger partial charge in [0.15, 0.2) is 0 Å². The molecule has 3 aromatic rings. The van der Waals surface area contributed by atoms with Crippen molar-refractivity contribution >= 4 is 55.8 Å². The van der Waals surface area contributed by atoms with Crippen molar-refractivity contribution in [2.45, 2.75) is 114 Å². The second-order valence-electron chi connectivity index (χ2n) is 16.4. The van der Waals surface area contributed by atoms with Crippen LogP contribution in [0.4, 0.5) is 9.18 Å². The smallest absolute Gasteiger partial charge is 0.408 e. The molecule has 14 nitrogen and oxygen atoms in total. The van der Waals surface area contributed by atoms with Crippen molar-refractivity contribution in [3.8, 4) is 0 Å². The van der Waals surface area contributed by atoms with Gasteiger partial charge in [-0.05, 0) is 80.7 Å². The molecule has 3 saturated carbocycles. The average molecular weight is 794 g/mol. The zero-order chi connectivity index (χ0) is 40.0. The second-order valence-corrected chi connectivity index (χ2v) is 18.4. The number of carbonyl (C=O) groups excluding carboxylic acids is 4. The third-order valence-electron chi connectivity index (χ3n) is 11.2. The topological polar surface area (TPSA) is 186 Å². The van der Waals surface area contributed by atoms with Crippen molar-refractivity contribution in [2.75, 3.05) is 6.54 Å². The summed E-state index contributed by atoms with van der Waals surface area (Å²) in [6.45, 7) is 8.95. The molecule has 2 aromatic carbocycles. The van der Waals surface area contributed by atoms with E-state index in [0.717, 1.165) is 32.1 Å². The van der Waals surface area contributed by atoms with Gasteiger partial charge in [0, 0.05) is 23.1 Å². The number of carbonyl (C=O) groups is 4. The molecule has 0 radical (unpaired) electrons. The van der Waals surface area contributed by atoms with E-state index in [1.54, 1.807) is 45.0 Å². The second kappa shape index (κ2) is 15.2. The van der Waals surface area contributed by atoms with Gasteiger partial charge in [0.05, 0.1) is 11.8 Å². The van der Waals surface area contributed by atoms with Crippen molar-refractivity contribution in [3.05, 3.63) is 66.3 Å². The average Bonchev–Trinajstić information content (AvgIpc) is 4.09. The first-order valence-corrected chi connectivity index (χ1v) is 20.7. The Balaban J connectivity index is 1.19. The van der Waals surface area contributed by atoms with Crippen LogP contribution >= 0.6 is 0 Å². The van der Waals surface area contributed by atoms with Gasteiger partial charge in [-0.15, -0.1) is 6.58 Å². The van der Waals surface area contributed by atoms with Gasteiger partial charge in [0.2, 0.25) is 21.8 Å². The fourth-order valence-electron chi connectivity index (χ4n) is 7.70. The lowest BCUT2D eigenvalue weighted by Crippen LogP contribution is -2.60. The molecule has 4 amide bonds. The Kier molecular flexibility index (Phi) is 10.6. The number of benzene rings is 2. The third kappa shape index (κ3) is 8.11. The fraction of sp³-hybridized carbons (Fsp3) is 0.525. The molecule has 2 heterocycles. The summed E-state index contributed by atoms with van der Waals surface area (Å²) in [5.74, 6) is -3.26. The quantitative estimate of drug-likeness (QED) is 0.141. The van der Waals surface area contributed by atoms with Crippen molar-refractivity contribution in [2.24, 2.45) is 16.5 Å². The van der Waals surface area contributed by atoms with Crippen molar-refractivity contribution in [1.82, 2.24) is 20.3 Å². The van der Waals surface area contributed by atoms with E-state index >= 15 is 0 Å². The molecule has 3 N–H and O–H groups in total. The van der Waals surface area contributed by atoms with Crippen LogP contribution in [0.1, 0.15) is 78.6 Å². The molecule has 3 aliphatic carbocycles. The standard InChI is InChI=1S/C40H48FN5O9S/c1-5-23-21-40(23,37(49)45-56(51,52)27-16-17-27)43-35(47)30-20-26(55-44-33-28-13-9-10-14-31(28)54-32-18-15-24(41)19-29(32)33)22-46(30)36(48)34(39(2,3)4)42-38(50)53-25-11-7-6-8-12-25/h5,9-10,13-15,18-19,23,25-27,30,34H,1,6-8,11-12,16-17,20-22H2,2-4H3,(H,42,50)(H,43,47)(H,45,49)/b44-33+/t23-,26-,30+,34-,40+/m1/s1. The van der Waals surface area contributed by atoms with Gasteiger partial charge >= 0.3 is 6.09 Å².